The van der Waals surface area contributed by atoms with E-state index in [2.05, 4.69) is 42.1 Å². The Balaban J connectivity index is 1.89. The first-order valence-corrected chi connectivity index (χ1v) is 8.38. The Morgan fingerprint density at radius 3 is 2.65 bits per heavy atom. The molecule has 0 radical (unpaired) electrons. The van der Waals surface area contributed by atoms with E-state index in [0.717, 1.165) is 5.92 Å². The highest BCUT2D eigenvalue weighted by Gasteiger charge is 2.36. The van der Waals surface area contributed by atoms with Crippen molar-refractivity contribution in [3.8, 4) is 0 Å². The van der Waals surface area contributed by atoms with Crippen LogP contribution in [-0.4, -0.2) is 48.1 Å². The van der Waals surface area contributed by atoms with E-state index in [1.54, 1.807) is 0 Å². The van der Waals surface area contributed by atoms with Crippen molar-refractivity contribution in [2.45, 2.75) is 50.3 Å². The molecule has 1 atom stereocenters. The van der Waals surface area contributed by atoms with Crippen LogP contribution in [0.5, 0.6) is 0 Å². The van der Waals surface area contributed by atoms with Gasteiger partial charge in [-0.2, -0.15) is 11.8 Å². The highest BCUT2D eigenvalue weighted by molar-refractivity contribution is 8.00. The van der Waals surface area contributed by atoms with E-state index in [1.165, 1.54) is 51.9 Å². The lowest BCUT2D eigenvalue weighted by Crippen LogP contribution is -2.55. The molecule has 0 bridgehead atoms. The Labute approximate surface area is 111 Å². The van der Waals surface area contributed by atoms with Gasteiger partial charge in [-0.1, -0.05) is 26.7 Å². The van der Waals surface area contributed by atoms with Gasteiger partial charge in [-0.15, -0.1) is 0 Å². The number of rotatable bonds is 4. The van der Waals surface area contributed by atoms with Crippen molar-refractivity contribution < 1.29 is 0 Å². The minimum atomic E-state index is 0.582. The Morgan fingerprint density at radius 2 is 2.06 bits per heavy atom. The number of hydrogen-bond acceptors (Lipinski definition) is 3. The van der Waals surface area contributed by atoms with Gasteiger partial charge in [-0.05, 0) is 25.0 Å². The number of nitrogens with one attached hydrogen (secondary N) is 1. The molecule has 2 aliphatic rings. The number of nitrogens with zero attached hydrogens (tertiary/aromatic N) is 1. The van der Waals surface area contributed by atoms with E-state index in [1.807, 2.05) is 0 Å². The van der Waals surface area contributed by atoms with Gasteiger partial charge in [0.2, 0.25) is 0 Å². The number of hydrogen-bond donors (Lipinski definition) is 1. The lowest BCUT2D eigenvalue weighted by molar-refractivity contribution is 0.161. The van der Waals surface area contributed by atoms with Gasteiger partial charge in [0.15, 0.2) is 0 Å². The molecule has 2 fully saturated rings. The molecule has 17 heavy (non-hydrogen) atoms. The summed E-state index contributed by atoms with van der Waals surface area (Å²) in [5.41, 5.74) is 0. The highest BCUT2D eigenvalue weighted by atomic mass is 32.2. The molecule has 0 aromatic carbocycles. The predicted octanol–water partition coefficient (Wildman–Crippen LogP) is 2.59. The van der Waals surface area contributed by atoms with Crippen LogP contribution in [0.4, 0.5) is 0 Å². The lowest BCUT2D eigenvalue weighted by Gasteiger charge is -2.40. The van der Waals surface area contributed by atoms with Crippen LogP contribution in [-0.2, 0) is 0 Å². The van der Waals surface area contributed by atoms with E-state index >= 15 is 0 Å². The molecule has 0 amide bonds. The molecule has 2 rings (SSSR count). The fraction of sp³-hybridized carbons (Fsp3) is 1.00. The summed E-state index contributed by atoms with van der Waals surface area (Å²) in [6.07, 6.45) is 8.07. The van der Waals surface area contributed by atoms with Crippen LogP contribution >= 0.6 is 11.8 Å². The van der Waals surface area contributed by atoms with Gasteiger partial charge in [-0.3, -0.25) is 4.90 Å². The first kappa shape index (κ1) is 13.7. The Morgan fingerprint density at radius 1 is 1.35 bits per heavy atom. The maximum absolute atomic E-state index is 3.66. The van der Waals surface area contributed by atoms with Crippen LogP contribution in [0, 0.1) is 5.92 Å². The molecule has 2 nitrogen and oxygen atoms in total. The first-order chi connectivity index (χ1) is 8.15. The first-order valence-electron chi connectivity index (χ1n) is 7.16. The van der Waals surface area contributed by atoms with Crippen molar-refractivity contribution in [2.24, 2.45) is 5.92 Å². The number of piperazine rings is 1. The molecule has 100 valence electrons. The second-order valence-corrected chi connectivity index (χ2v) is 7.41. The van der Waals surface area contributed by atoms with E-state index in [9.17, 15) is 0 Å². The summed E-state index contributed by atoms with van der Waals surface area (Å²) in [5, 5.41) is 3.66. The van der Waals surface area contributed by atoms with Crippen LogP contribution < -0.4 is 5.32 Å². The fourth-order valence-corrected chi connectivity index (χ4v) is 4.29. The lowest BCUT2D eigenvalue weighted by atomic mass is 10.00. The summed E-state index contributed by atoms with van der Waals surface area (Å²) < 4.78 is 0.582. The predicted molar refractivity (Wildman–Crippen MR) is 77.8 cm³/mol. The van der Waals surface area contributed by atoms with E-state index in [0.29, 0.717) is 10.8 Å². The molecule has 1 N–H and O–H groups in total. The van der Waals surface area contributed by atoms with Crippen molar-refractivity contribution in [1.82, 2.24) is 10.2 Å². The third-order valence-corrected chi connectivity index (χ3v) is 5.96. The van der Waals surface area contributed by atoms with Crippen molar-refractivity contribution in [1.29, 1.82) is 0 Å². The summed E-state index contributed by atoms with van der Waals surface area (Å²) in [6.45, 7) is 9.65. The second-order valence-electron chi connectivity index (χ2n) is 6.13. The average molecular weight is 256 g/mol. The summed E-state index contributed by atoms with van der Waals surface area (Å²) in [5.74, 6) is 0.756. The molecule has 1 unspecified atom stereocenters. The standard InChI is InChI=1S/C14H28N2S/c1-12(2)13-10-16(9-8-15-13)11-14(17-3)6-4-5-7-14/h12-13,15H,4-11H2,1-3H3. The van der Waals surface area contributed by atoms with Gasteiger partial charge < -0.3 is 5.32 Å². The molecule has 1 aliphatic carbocycles. The Bertz CT molecular complexity index is 236. The molecule has 1 saturated heterocycles. The van der Waals surface area contributed by atoms with Gasteiger partial charge in [0.1, 0.15) is 0 Å². The largest absolute Gasteiger partial charge is 0.311 e. The Hall–Kier alpha value is 0.270. The summed E-state index contributed by atoms with van der Waals surface area (Å²) >= 11 is 2.12. The third-order valence-electron chi connectivity index (χ3n) is 4.55. The van der Waals surface area contributed by atoms with Crippen molar-refractivity contribution in [3.05, 3.63) is 0 Å². The van der Waals surface area contributed by atoms with Crippen LogP contribution in [0.2, 0.25) is 0 Å². The molecule has 1 heterocycles. The van der Waals surface area contributed by atoms with Crippen LogP contribution in [0.3, 0.4) is 0 Å². The van der Waals surface area contributed by atoms with Gasteiger partial charge in [0, 0.05) is 37.0 Å². The van der Waals surface area contributed by atoms with Crippen LogP contribution in [0.15, 0.2) is 0 Å². The molecule has 1 aliphatic heterocycles. The molecule has 0 aromatic heterocycles. The second kappa shape index (κ2) is 5.94. The van der Waals surface area contributed by atoms with Gasteiger partial charge >= 0.3 is 0 Å². The number of thioether (sulfide) groups is 1. The smallest absolute Gasteiger partial charge is 0.0284 e. The van der Waals surface area contributed by atoms with E-state index in [4.69, 9.17) is 0 Å². The molecule has 0 spiro atoms. The maximum Gasteiger partial charge on any atom is 0.0284 e. The minimum Gasteiger partial charge on any atom is -0.311 e. The van der Waals surface area contributed by atoms with Crippen LogP contribution in [0.1, 0.15) is 39.5 Å². The van der Waals surface area contributed by atoms with Gasteiger partial charge in [0.25, 0.3) is 0 Å². The van der Waals surface area contributed by atoms with Crippen LogP contribution in [0.25, 0.3) is 0 Å². The zero-order chi connectivity index (χ0) is 12.3. The minimum absolute atomic E-state index is 0.582. The summed E-state index contributed by atoms with van der Waals surface area (Å²) in [7, 11) is 0. The maximum atomic E-state index is 3.66. The third kappa shape index (κ3) is 3.39. The molecular formula is C14H28N2S. The van der Waals surface area contributed by atoms with Crippen molar-refractivity contribution in [2.75, 3.05) is 32.4 Å². The quantitative estimate of drug-likeness (QED) is 0.832. The zero-order valence-corrected chi connectivity index (χ0v) is 12.5. The van der Waals surface area contributed by atoms with Crippen molar-refractivity contribution in [3.63, 3.8) is 0 Å². The van der Waals surface area contributed by atoms with Gasteiger partial charge in [0.05, 0.1) is 0 Å². The van der Waals surface area contributed by atoms with E-state index < -0.39 is 0 Å². The normalized spacial score (nSPS) is 30.0. The average Bonchev–Trinajstić information content (AvgIpc) is 2.78. The summed E-state index contributed by atoms with van der Waals surface area (Å²) in [4.78, 5) is 2.71. The molecule has 3 heteroatoms. The fourth-order valence-electron chi connectivity index (χ4n) is 3.29. The van der Waals surface area contributed by atoms with Gasteiger partial charge in [-0.25, -0.2) is 0 Å². The monoisotopic (exact) mass is 256 g/mol. The molecule has 0 aromatic rings. The van der Waals surface area contributed by atoms with Crippen molar-refractivity contribution >= 4 is 11.8 Å². The van der Waals surface area contributed by atoms with E-state index in [-0.39, 0.29) is 0 Å². The summed E-state index contributed by atoms with van der Waals surface area (Å²) in [6, 6.07) is 0.698. The highest BCUT2D eigenvalue weighted by Crippen LogP contribution is 2.40. The molecular weight excluding hydrogens is 228 g/mol. The molecule has 1 saturated carbocycles. The topological polar surface area (TPSA) is 15.3 Å². The zero-order valence-electron chi connectivity index (χ0n) is 11.7. The Kier molecular flexibility index (Phi) is 4.79. The SMILES string of the molecule is CSC1(CN2CCNC(C(C)C)C2)CCCC1.